The number of rotatable bonds is 7. The molecule has 0 spiro atoms. The molecule has 3 aromatic rings. The molecule has 0 N–H and O–H groups in total. The van der Waals surface area contributed by atoms with Crippen molar-refractivity contribution in [3.8, 4) is 11.4 Å². The number of ether oxygens (including phenoxy) is 1. The van der Waals surface area contributed by atoms with E-state index in [1.54, 1.807) is 12.1 Å². The van der Waals surface area contributed by atoms with Crippen LogP contribution in [-0.4, -0.2) is 53.6 Å². The predicted molar refractivity (Wildman–Crippen MR) is 125 cm³/mol. The minimum atomic E-state index is -3.30. The normalized spacial score (nSPS) is 14.9. The van der Waals surface area contributed by atoms with Crippen molar-refractivity contribution in [2.45, 2.75) is 43.6 Å². The van der Waals surface area contributed by atoms with Crippen molar-refractivity contribution >= 4 is 15.8 Å². The average molecular weight is 470 g/mol. The number of anilines is 1. The summed E-state index contributed by atoms with van der Waals surface area (Å²) < 4.78 is 30.4. The van der Waals surface area contributed by atoms with Gasteiger partial charge in [0.1, 0.15) is 11.9 Å². The molecule has 0 aliphatic carbocycles. The molecule has 1 aromatic carbocycles. The minimum Gasteiger partial charge on any atom is -0.488 e. The Labute approximate surface area is 193 Å². The molecule has 1 aliphatic heterocycles. The summed E-state index contributed by atoms with van der Waals surface area (Å²) >= 11 is 0. The van der Waals surface area contributed by atoms with Gasteiger partial charge in [-0.05, 0) is 36.2 Å². The van der Waals surface area contributed by atoms with E-state index in [-0.39, 0.29) is 16.6 Å². The van der Waals surface area contributed by atoms with Crippen LogP contribution in [0, 0.1) is 0 Å². The molecule has 10 heteroatoms. The summed E-state index contributed by atoms with van der Waals surface area (Å²) in [4.78, 5) is 23.9. The van der Waals surface area contributed by atoms with Gasteiger partial charge in [0.05, 0.1) is 16.8 Å². The highest BCUT2D eigenvalue weighted by Gasteiger charge is 2.22. The molecule has 3 heterocycles. The standard InChI is InChI=1S/C23H27N5O4S/c1-3-4-17-14-24-23(25-15-17)27-11-9-19(10-12-27)32-20-13-22(29)28(26-16-20)18-5-7-21(8-6-18)33(2,30)31/h5-8,13-16,19H,3-4,9-12H2,1-2H3. The molecule has 4 rings (SSSR count). The number of sulfone groups is 1. The molecule has 2 aromatic heterocycles. The van der Waals surface area contributed by atoms with Crippen LogP contribution in [0.2, 0.25) is 0 Å². The van der Waals surface area contributed by atoms with Gasteiger partial charge in [0.25, 0.3) is 5.56 Å². The fraction of sp³-hybridized carbons (Fsp3) is 0.391. The highest BCUT2D eigenvalue weighted by molar-refractivity contribution is 7.90. The molecule has 0 radical (unpaired) electrons. The number of hydrogen-bond donors (Lipinski definition) is 0. The summed E-state index contributed by atoms with van der Waals surface area (Å²) in [5, 5.41) is 4.19. The molecule has 1 saturated heterocycles. The number of aromatic nitrogens is 4. The van der Waals surface area contributed by atoms with E-state index < -0.39 is 9.84 Å². The van der Waals surface area contributed by atoms with Crippen molar-refractivity contribution < 1.29 is 13.2 Å². The van der Waals surface area contributed by atoms with E-state index in [1.165, 1.54) is 29.1 Å². The van der Waals surface area contributed by atoms with Gasteiger partial charge in [-0.15, -0.1) is 0 Å². The topological polar surface area (TPSA) is 107 Å². The van der Waals surface area contributed by atoms with Crippen molar-refractivity contribution in [3.63, 3.8) is 0 Å². The summed E-state index contributed by atoms with van der Waals surface area (Å²) in [6.45, 7) is 3.68. The molecule has 0 saturated carbocycles. The van der Waals surface area contributed by atoms with Crippen molar-refractivity contribution in [1.29, 1.82) is 0 Å². The van der Waals surface area contributed by atoms with Crippen molar-refractivity contribution in [2.75, 3.05) is 24.2 Å². The molecule has 33 heavy (non-hydrogen) atoms. The third kappa shape index (κ3) is 5.57. The van der Waals surface area contributed by atoms with Gasteiger partial charge in [-0.3, -0.25) is 4.79 Å². The largest absolute Gasteiger partial charge is 0.488 e. The lowest BCUT2D eigenvalue weighted by Gasteiger charge is -2.32. The second-order valence-corrected chi connectivity index (χ2v) is 10.2. The monoisotopic (exact) mass is 469 g/mol. The first kappa shape index (κ1) is 22.9. The van der Waals surface area contributed by atoms with Crippen LogP contribution in [0.3, 0.4) is 0 Å². The quantitative estimate of drug-likeness (QED) is 0.519. The number of hydrogen-bond acceptors (Lipinski definition) is 8. The first-order valence-electron chi connectivity index (χ1n) is 11.0. The average Bonchev–Trinajstić information content (AvgIpc) is 2.80. The SMILES string of the molecule is CCCc1cnc(N2CCC(Oc3cnn(-c4ccc(S(C)(=O)=O)cc4)c(=O)c3)CC2)nc1. The lowest BCUT2D eigenvalue weighted by molar-refractivity contribution is 0.169. The van der Waals surface area contributed by atoms with E-state index in [0.717, 1.165) is 56.5 Å². The molecule has 0 amide bonds. The van der Waals surface area contributed by atoms with E-state index in [2.05, 4.69) is 26.9 Å². The molecule has 0 bridgehead atoms. The molecular weight excluding hydrogens is 442 g/mol. The zero-order valence-electron chi connectivity index (χ0n) is 18.7. The molecular formula is C23H27N5O4S. The smallest absolute Gasteiger partial charge is 0.275 e. The summed E-state index contributed by atoms with van der Waals surface area (Å²) in [7, 11) is -3.30. The van der Waals surface area contributed by atoms with Gasteiger partial charge in [0, 0.05) is 50.6 Å². The zero-order chi connectivity index (χ0) is 23.4. The molecule has 0 unspecified atom stereocenters. The highest BCUT2D eigenvalue weighted by atomic mass is 32.2. The molecule has 174 valence electrons. The summed E-state index contributed by atoms with van der Waals surface area (Å²) in [5.41, 5.74) is 1.28. The second-order valence-electron chi connectivity index (χ2n) is 8.15. The summed E-state index contributed by atoms with van der Waals surface area (Å²) in [6.07, 6.45) is 10.0. The van der Waals surface area contributed by atoms with Gasteiger partial charge < -0.3 is 9.64 Å². The van der Waals surface area contributed by atoms with Gasteiger partial charge in [0.2, 0.25) is 5.95 Å². The summed E-state index contributed by atoms with van der Waals surface area (Å²) in [5.74, 6) is 1.15. The maximum Gasteiger partial charge on any atom is 0.275 e. The molecule has 1 aliphatic rings. The van der Waals surface area contributed by atoms with Gasteiger partial charge in [-0.2, -0.15) is 9.78 Å². The van der Waals surface area contributed by atoms with Crippen LogP contribution < -0.4 is 15.2 Å². The van der Waals surface area contributed by atoms with Gasteiger partial charge in [0.15, 0.2) is 9.84 Å². The Morgan fingerprint density at radius 1 is 1.06 bits per heavy atom. The third-order valence-electron chi connectivity index (χ3n) is 5.54. The van der Waals surface area contributed by atoms with E-state index in [9.17, 15) is 13.2 Å². The van der Waals surface area contributed by atoms with Crippen LogP contribution in [0.4, 0.5) is 5.95 Å². The highest BCUT2D eigenvalue weighted by Crippen LogP contribution is 2.20. The predicted octanol–water partition coefficient (Wildman–Crippen LogP) is 2.43. The van der Waals surface area contributed by atoms with Gasteiger partial charge in [-0.1, -0.05) is 13.3 Å². The van der Waals surface area contributed by atoms with Crippen LogP contribution in [-0.2, 0) is 16.3 Å². The van der Waals surface area contributed by atoms with Crippen LogP contribution in [0.1, 0.15) is 31.7 Å². The first-order valence-corrected chi connectivity index (χ1v) is 12.8. The lowest BCUT2D eigenvalue weighted by Crippen LogP contribution is -2.39. The summed E-state index contributed by atoms with van der Waals surface area (Å²) in [6, 6.07) is 7.42. The number of aryl methyl sites for hydroxylation is 1. The van der Waals surface area contributed by atoms with Crippen molar-refractivity contribution in [3.05, 3.63) is 64.8 Å². The fourth-order valence-corrected chi connectivity index (χ4v) is 4.41. The Hall–Kier alpha value is -3.27. The second kappa shape index (κ2) is 9.70. The first-order chi connectivity index (χ1) is 15.8. The lowest BCUT2D eigenvalue weighted by atomic mass is 10.1. The van der Waals surface area contributed by atoms with E-state index in [4.69, 9.17) is 4.74 Å². The Morgan fingerprint density at radius 2 is 1.73 bits per heavy atom. The Bertz CT molecular complexity index is 1250. The molecule has 1 fully saturated rings. The number of nitrogens with zero attached hydrogens (tertiary/aromatic N) is 5. The van der Waals surface area contributed by atoms with E-state index in [0.29, 0.717) is 11.4 Å². The maximum absolute atomic E-state index is 12.6. The van der Waals surface area contributed by atoms with Crippen LogP contribution >= 0.6 is 0 Å². The molecule has 0 atom stereocenters. The fourth-order valence-electron chi connectivity index (χ4n) is 3.78. The zero-order valence-corrected chi connectivity index (χ0v) is 19.5. The Kier molecular flexibility index (Phi) is 6.73. The van der Waals surface area contributed by atoms with Gasteiger partial charge in [-0.25, -0.2) is 18.4 Å². The van der Waals surface area contributed by atoms with Crippen LogP contribution in [0.15, 0.2) is 58.6 Å². The van der Waals surface area contributed by atoms with E-state index >= 15 is 0 Å². The number of benzene rings is 1. The number of piperidine rings is 1. The minimum absolute atomic E-state index is 0.0216. The third-order valence-corrected chi connectivity index (χ3v) is 6.67. The van der Waals surface area contributed by atoms with Crippen LogP contribution in [0.25, 0.3) is 5.69 Å². The Morgan fingerprint density at radius 3 is 2.30 bits per heavy atom. The Balaban J connectivity index is 1.36. The molecule has 9 nitrogen and oxygen atoms in total. The van der Waals surface area contributed by atoms with Crippen molar-refractivity contribution in [1.82, 2.24) is 19.7 Å². The van der Waals surface area contributed by atoms with E-state index in [1.807, 2.05) is 12.4 Å². The van der Waals surface area contributed by atoms with Gasteiger partial charge >= 0.3 is 0 Å². The van der Waals surface area contributed by atoms with Crippen molar-refractivity contribution in [2.24, 2.45) is 0 Å². The van der Waals surface area contributed by atoms with Crippen LogP contribution in [0.5, 0.6) is 5.75 Å². The maximum atomic E-state index is 12.6.